The maximum atomic E-state index is 12.9. The lowest BCUT2D eigenvalue weighted by atomic mass is 9.98. The first-order valence-corrected chi connectivity index (χ1v) is 18.9. The molecule has 47 heavy (non-hydrogen) atoms. The van der Waals surface area contributed by atoms with Gasteiger partial charge in [-0.05, 0) is 12.8 Å². The molecule has 0 bridgehead atoms. The molecule has 9 unspecified atom stereocenters. The Morgan fingerprint density at radius 1 is 0.660 bits per heavy atom. The lowest BCUT2D eigenvalue weighted by Gasteiger charge is -2.40. The summed E-state index contributed by atoms with van der Waals surface area (Å²) in [6.45, 7) is 3.35. The van der Waals surface area contributed by atoms with Gasteiger partial charge in [0.1, 0.15) is 36.6 Å². The lowest BCUT2D eigenvalue weighted by molar-refractivity contribution is -0.303. The number of hydrogen-bond acceptors (Lipinski definition) is 10. The van der Waals surface area contributed by atoms with E-state index in [1.54, 1.807) is 0 Å². The average Bonchev–Trinajstić information content (AvgIpc) is 3.07. The van der Waals surface area contributed by atoms with Gasteiger partial charge in [-0.25, -0.2) is 0 Å². The number of ether oxygens (including phenoxy) is 2. The smallest absolute Gasteiger partial charge is 0.249 e. The molecule has 1 fully saturated rings. The molecular formula is C36H71NO10. The SMILES string of the molecule is CCCCCCCCCCCCCCC(O)C(=O)NC(COC1OC(CO)C(O)C(O)C1O)C(O)C(O)CCCCCCCCCC. The third-order valence-electron chi connectivity index (χ3n) is 9.41. The van der Waals surface area contributed by atoms with Crippen LogP contribution in [0, 0.1) is 0 Å². The van der Waals surface area contributed by atoms with Crippen LogP contribution in [0.2, 0.25) is 0 Å². The van der Waals surface area contributed by atoms with Crippen molar-refractivity contribution in [3.8, 4) is 0 Å². The Kier molecular flexibility index (Phi) is 26.2. The van der Waals surface area contributed by atoms with Crippen LogP contribution in [0.1, 0.15) is 155 Å². The molecule has 0 aromatic carbocycles. The fourth-order valence-corrected chi connectivity index (χ4v) is 6.14. The first-order valence-electron chi connectivity index (χ1n) is 18.9. The van der Waals surface area contributed by atoms with Crippen molar-refractivity contribution in [2.24, 2.45) is 0 Å². The van der Waals surface area contributed by atoms with Crippen LogP contribution in [0.4, 0.5) is 0 Å². The van der Waals surface area contributed by atoms with E-state index in [0.29, 0.717) is 19.3 Å². The third kappa shape index (κ3) is 19.2. The standard InChI is InChI=1S/C36H71NO10/c1-3-5-7-9-11-13-14-15-16-18-20-22-24-29(40)35(45)37-27(26-46-36-34(44)33(43)32(42)30(25-38)47-36)31(41)28(39)23-21-19-17-12-10-8-6-4-2/h27-34,36,38-44H,3-26H2,1-2H3,(H,37,45). The highest BCUT2D eigenvalue weighted by atomic mass is 16.7. The number of aliphatic hydroxyl groups excluding tert-OH is 7. The zero-order chi connectivity index (χ0) is 34.9. The lowest BCUT2D eigenvalue weighted by Crippen LogP contribution is -2.60. The van der Waals surface area contributed by atoms with E-state index in [1.165, 1.54) is 77.0 Å². The summed E-state index contributed by atoms with van der Waals surface area (Å²) in [5.74, 6) is -0.700. The van der Waals surface area contributed by atoms with Crippen LogP contribution in [0.15, 0.2) is 0 Å². The normalized spacial score (nSPS) is 24.1. The molecular weight excluding hydrogens is 606 g/mol. The topological polar surface area (TPSA) is 189 Å². The second-order valence-electron chi connectivity index (χ2n) is 13.7. The van der Waals surface area contributed by atoms with Crippen LogP contribution >= 0.6 is 0 Å². The van der Waals surface area contributed by atoms with Crippen LogP contribution in [0.3, 0.4) is 0 Å². The molecule has 0 radical (unpaired) electrons. The van der Waals surface area contributed by atoms with E-state index in [4.69, 9.17) is 9.47 Å². The molecule has 8 N–H and O–H groups in total. The van der Waals surface area contributed by atoms with Crippen molar-refractivity contribution in [3.63, 3.8) is 0 Å². The zero-order valence-electron chi connectivity index (χ0n) is 29.5. The second kappa shape index (κ2) is 27.9. The minimum atomic E-state index is -1.65. The molecule has 11 heteroatoms. The molecule has 0 saturated carbocycles. The average molecular weight is 678 g/mol. The monoisotopic (exact) mass is 678 g/mol. The number of carbonyl (C=O) groups excluding carboxylic acids is 1. The molecule has 1 amide bonds. The van der Waals surface area contributed by atoms with Crippen LogP contribution < -0.4 is 5.32 Å². The van der Waals surface area contributed by atoms with Crippen molar-refractivity contribution < 1.29 is 50.0 Å². The maximum absolute atomic E-state index is 12.9. The Morgan fingerprint density at radius 2 is 1.11 bits per heavy atom. The molecule has 9 atom stereocenters. The number of hydrogen-bond donors (Lipinski definition) is 8. The summed E-state index contributed by atoms with van der Waals surface area (Å²) in [5, 5.41) is 74.9. The maximum Gasteiger partial charge on any atom is 0.249 e. The minimum Gasteiger partial charge on any atom is -0.394 e. The predicted octanol–water partition coefficient (Wildman–Crippen LogP) is 3.99. The van der Waals surface area contributed by atoms with Gasteiger partial charge in [0.05, 0.1) is 25.4 Å². The number of aliphatic hydroxyl groups is 7. The Morgan fingerprint density at radius 3 is 1.57 bits per heavy atom. The number of amides is 1. The van der Waals surface area contributed by atoms with Gasteiger partial charge in [0.25, 0.3) is 0 Å². The van der Waals surface area contributed by atoms with E-state index in [-0.39, 0.29) is 6.42 Å². The molecule has 11 nitrogen and oxygen atoms in total. The highest BCUT2D eigenvalue weighted by Crippen LogP contribution is 2.23. The summed E-state index contributed by atoms with van der Waals surface area (Å²) in [7, 11) is 0. The molecule has 0 aromatic heterocycles. The van der Waals surface area contributed by atoms with Crippen molar-refractivity contribution in [3.05, 3.63) is 0 Å². The quantitative estimate of drug-likeness (QED) is 0.0516. The highest BCUT2D eigenvalue weighted by Gasteiger charge is 2.44. The largest absolute Gasteiger partial charge is 0.394 e. The van der Waals surface area contributed by atoms with Crippen LogP contribution in [-0.4, -0.2) is 110 Å². The van der Waals surface area contributed by atoms with Gasteiger partial charge in [-0.15, -0.1) is 0 Å². The van der Waals surface area contributed by atoms with E-state index >= 15 is 0 Å². The van der Waals surface area contributed by atoms with E-state index in [9.17, 15) is 40.5 Å². The van der Waals surface area contributed by atoms with Crippen molar-refractivity contribution in [1.82, 2.24) is 5.32 Å². The van der Waals surface area contributed by atoms with Gasteiger partial charge in [-0.2, -0.15) is 0 Å². The van der Waals surface area contributed by atoms with Crippen LogP contribution in [0.5, 0.6) is 0 Å². The highest BCUT2D eigenvalue weighted by molar-refractivity contribution is 5.80. The van der Waals surface area contributed by atoms with Crippen LogP contribution in [0.25, 0.3) is 0 Å². The molecule has 1 aliphatic heterocycles. The fourth-order valence-electron chi connectivity index (χ4n) is 6.14. The summed E-state index contributed by atoms with van der Waals surface area (Å²) in [6, 6.07) is -1.16. The summed E-state index contributed by atoms with van der Waals surface area (Å²) in [5.41, 5.74) is 0. The third-order valence-corrected chi connectivity index (χ3v) is 9.41. The Balaban J connectivity index is 2.57. The molecule has 1 rings (SSSR count). The Bertz CT molecular complexity index is 745. The first kappa shape index (κ1) is 44.1. The Labute approximate surface area is 284 Å². The zero-order valence-corrected chi connectivity index (χ0v) is 29.5. The minimum absolute atomic E-state index is 0.264. The molecule has 0 aromatic rings. The summed E-state index contributed by atoms with van der Waals surface area (Å²) < 4.78 is 11.0. The van der Waals surface area contributed by atoms with Crippen molar-refractivity contribution in [2.75, 3.05) is 13.2 Å². The van der Waals surface area contributed by atoms with Gasteiger partial charge < -0.3 is 50.5 Å². The second-order valence-corrected chi connectivity index (χ2v) is 13.7. The van der Waals surface area contributed by atoms with E-state index in [1.807, 2.05) is 0 Å². The molecule has 1 saturated heterocycles. The van der Waals surface area contributed by atoms with E-state index in [2.05, 4.69) is 19.2 Å². The van der Waals surface area contributed by atoms with E-state index < -0.39 is 74.2 Å². The number of rotatable bonds is 30. The van der Waals surface area contributed by atoms with E-state index in [0.717, 1.165) is 38.5 Å². The summed E-state index contributed by atoms with van der Waals surface area (Å²) >= 11 is 0. The molecule has 1 heterocycles. The van der Waals surface area contributed by atoms with Crippen molar-refractivity contribution >= 4 is 5.91 Å². The number of nitrogens with one attached hydrogen (secondary N) is 1. The molecule has 280 valence electrons. The Hall–Kier alpha value is -0.890. The predicted molar refractivity (Wildman–Crippen MR) is 183 cm³/mol. The first-order chi connectivity index (χ1) is 22.7. The number of unbranched alkanes of at least 4 members (excludes halogenated alkanes) is 18. The molecule has 1 aliphatic rings. The summed E-state index contributed by atoms with van der Waals surface area (Å²) in [6.07, 6.45) is 11.8. The van der Waals surface area contributed by atoms with Crippen LogP contribution in [-0.2, 0) is 14.3 Å². The number of carbonyl (C=O) groups is 1. The van der Waals surface area contributed by atoms with Gasteiger partial charge >= 0.3 is 0 Å². The molecule has 0 spiro atoms. The van der Waals surface area contributed by atoms with Gasteiger partial charge in [-0.3, -0.25) is 4.79 Å². The molecule has 0 aliphatic carbocycles. The van der Waals surface area contributed by atoms with Crippen molar-refractivity contribution in [2.45, 2.75) is 210 Å². The van der Waals surface area contributed by atoms with Gasteiger partial charge in [0, 0.05) is 0 Å². The van der Waals surface area contributed by atoms with Gasteiger partial charge in [0.15, 0.2) is 6.29 Å². The fraction of sp³-hybridized carbons (Fsp3) is 0.972. The summed E-state index contributed by atoms with van der Waals surface area (Å²) in [4.78, 5) is 12.9. The van der Waals surface area contributed by atoms with Gasteiger partial charge in [-0.1, -0.05) is 142 Å². The van der Waals surface area contributed by atoms with Crippen molar-refractivity contribution in [1.29, 1.82) is 0 Å². The van der Waals surface area contributed by atoms with Gasteiger partial charge in [0.2, 0.25) is 5.91 Å².